The number of hydrogen-bond donors (Lipinski definition) is 1. The molecule has 0 saturated heterocycles. The molecule has 1 rings (SSSR count). The quantitative estimate of drug-likeness (QED) is 0.775. The molecule has 0 bridgehead atoms. The van der Waals surface area contributed by atoms with Crippen LogP contribution in [0.15, 0.2) is 0 Å². The summed E-state index contributed by atoms with van der Waals surface area (Å²) < 4.78 is 5.16. The Balaban J connectivity index is 2.62. The van der Waals surface area contributed by atoms with Crippen molar-refractivity contribution in [1.29, 1.82) is 0 Å². The molecule has 1 fully saturated rings. The summed E-state index contributed by atoms with van der Waals surface area (Å²) >= 11 is 0. The smallest absolute Gasteiger partial charge is 0.0589 e. The number of likely N-dealkylation sites (N-methyl/N-ethyl adjacent to an activating group) is 2. The van der Waals surface area contributed by atoms with Gasteiger partial charge in [-0.15, -0.1) is 0 Å². The van der Waals surface area contributed by atoms with E-state index in [0.29, 0.717) is 17.5 Å². The highest BCUT2D eigenvalue weighted by molar-refractivity contribution is 4.96. The van der Waals surface area contributed by atoms with Crippen LogP contribution >= 0.6 is 0 Å². The maximum absolute atomic E-state index is 5.16. The summed E-state index contributed by atoms with van der Waals surface area (Å²) in [4.78, 5) is 2.45. The second-order valence-electron chi connectivity index (χ2n) is 5.69. The Morgan fingerprint density at radius 3 is 2.69 bits per heavy atom. The molecule has 3 heteroatoms. The average molecular weight is 228 g/mol. The van der Waals surface area contributed by atoms with Crippen LogP contribution < -0.4 is 5.32 Å². The number of hydrogen-bond acceptors (Lipinski definition) is 3. The second kappa shape index (κ2) is 5.99. The number of methoxy groups -OCH3 is 1. The zero-order chi connectivity index (χ0) is 12.2. The molecule has 0 amide bonds. The van der Waals surface area contributed by atoms with Gasteiger partial charge in [0.1, 0.15) is 0 Å². The van der Waals surface area contributed by atoms with Gasteiger partial charge in [0.15, 0.2) is 0 Å². The number of nitrogens with zero attached hydrogens (tertiary/aromatic N) is 1. The van der Waals surface area contributed by atoms with Gasteiger partial charge >= 0.3 is 0 Å². The SMILES string of the molecule is CNC1C(N(C)CCOC)CCCC1(C)C. The van der Waals surface area contributed by atoms with Crippen LogP contribution in [-0.2, 0) is 4.74 Å². The summed E-state index contributed by atoms with van der Waals surface area (Å²) in [5, 5.41) is 3.52. The first-order valence-corrected chi connectivity index (χ1v) is 6.39. The Labute approximate surface area is 101 Å². The van der Waals surface area contributed by atoms with Gasteiger partial charge in [0.25, 0.3) is 0 Å². The summed E-state index contributed by atoms with van der Waals surface area (Å²) in [6, 6.07) is 1.23. The number of ether oxygens (including phenoxy) is 1. The Morgan fingerprint density at radius 2 is 2.12 bits per heavy atom. The van der Waals surface area contributed by atoms with Crippen molar-refractivity contribution in [3.8, 4) is 0 Å². The molecule has 0 radical (unpaired) electrons. The van der Waals surface area contributed by atoms with Crippen molar-refractivity contribution in [2.45, 2.75) is 45.2 Å². The summed E-state index contributed by atoms with van der Waals surface area (Å²) in [5.41, 5.74) is 0.402. The molecular weight excluding hydrogens is 200 g/mol. The number of rotatable bonds is 5. The van der Waals surface area contributed by atoms with Gasteiger partial charge in [-0.25, -0.2) is 0 Å². The zero-order valence-corrected chi connectivity index (χ0v) is 11.5. The maximum Gasteiger partial charge on any atom is 0.0589 e. The van der Waals surface area contributed by atoms with E-state index in [1.165, 1.54) is 19.3 Å². The molecule has 0 spiro atoms. The van der Waals surface area contributed by atoms with Crippen LogP contribution in [0.3, 0.4) is 0 Å². The van der Waals surface area contributed by atoms with E-state index in [9.17, 15) is 0 Å². The first-order chi connectivity index (χ1) is 7.53. The minimum absolute atomic E-state index is 0.402. The first-order valence-electron chi connectivity index (χ1n) is 6.39. The lowest BCUT2D eigenvalue weighted by Gasteiger charge is -2.47. The molecule has 0 aromatic heterocycles. The molecule has 1 aliphatic rings. The molecule has 1 aliphatic carbocycles. The largest absolute Gasteiger partial charge is 0.383 e. The lowest BCUT2D eigenvalue weighted by molar-refractivity contribution is 0.0514. The van der Waals surface area contributed by atoms with E-state index in [4.69, 9.17) is 4.74 Å². The molecule has 0 aliphatic heterocycles. The van der Waals surface area contributed by atoms with E-state index in [2.05, 4.69) is 38.2 Å². The van der Waals surface area contributed by atoms with Crippen LogP contribution in [0.1, 0.15) is 33.1 Å². The van der Waals surface area contributed by atoms with E-state index in [0.717, 1.165) is 13.2 Å². The van der Waals surface area contributed by atoms with Crippen molar-refractivity contribution >= 4 is 0 Å². The van der Waals surface area contributed by atoms with Gasteiger partial charge in [0.05, 0.1) is 6.61 Å². The highest BCUT2D eigenvalue weighted by atomic mass is 16.5. The topological polar surface area (TPSA) is 24.5 Å². The zero-order valence-electron chi connectivity index (χ0n) is 11.5. The van der Waals surface area contributed by atoms with Crippen LogP contribution in [0.4, 0.5) is 0 Å². The van der Waals surface area contributed by atoms with Crippen molar-refractivity contribution < 1.29 is 4.74 Å². The average Bonchev–Trinajstić information content (AvgIpc) is 2.24. The minimum Gasteiger partial charge on any atom is -0.383 e. The molecule has 1 saturated carbocycles. The lowest BCUT2D eigenvalue weighted by Crippen LogP contribution is -2.57. The fourth-order valence-corrected chi connectivity index (χ4v) is 3.07. The lowest BCUT2D eigenvalue weighted by atomic mass is 9.70. The number of nitrogens with one attached hydrogen (secondary N) is 1. The molecule has 2 unspecified atom stereocenters. The summed E-state index contributed by atoms with van der Waals surface area (Å²) in [5.74, 6) is 0. The highest BCUT2D eigenvalue weighted by Crippen LogP contribution is 2.37. The molecule has 0 aromatic carbocycles. The van der Waals surface area contributed by atoms with Gasteiger partial charge in [0, 0.05) is 25.7 Å². The van der Waals surface area contributed by atoms with Gasteiger partial charge in [-0.3, -0.25) is 4.90 Å². The highest BCUT2D eigenvalue weighted by Gasteiger charge is 2.39. The van der Waals surface area contributed by atoms with Gasteiger partial charge in [-0.1, -0.05) is 20.3 Å². The molecular formula is C13H28N2O. The van der Waals surface area contributed by atoms with E-state index < -0.39 is 0 Å². The minimum atomic E-state index is 0.402. The van der Waals surface area contributed by atoms with Gasteiger partial charge < -0.3 is 10.1 Å². The van der Waals surface area contributed by atoms with Gasteiger partial charge in [-0.05, 0) is 32.4 Å². The molecule has 1 N–H and O–H groups in total. The van der Waals surface area contributed by atoms with E-state index >= 15 is 0 Å². The predicted molar refractivity (Wildman–Crippen MR) is 68.8 cm³/mol. The normalized spacial score (nSPS) is 29.6. The summed E-state index contributed by atoms with van der Waals surface area (Å²) in [6.07, 6.45) is 3.97. The Morgan fingerprint density at radius 1 is 1.44 bits per heavy atom. The summed E-state index contributed by atoms with van der Waals surface area (Å²) in [7, 11) is 6.08. The predicted octanol–water partition coefficient (Wildman–Crippen LogP) is 1.73. The van der Waals surface area contributed by atoms with E-state index in [1.54, 1.807) is 7.11 Å². The standard InChI is InChI=1S/C13H28N2O/c1-13(2)8-6-7-11(12(13)14-3)15(4)9-10-16-5/h11-12,14H,6-10H2,1-5H3. The third-order valence-corrected chi connectivity index (χ3v) is 4.07. The monoisotopic (exact) mass is 228 g/mol. The van der Waals surface area contributed by atoms with Crippen molar-refractivity contribution in [3.05, 3.63) is 0 Å². The Hall–Kier alpha value is -0.120. The fraction of sp³-hybridized carbons (Fsp3) is 1.00. The Bertz CT molecular complexity index is 206. The van der Waals surface area contributed by atoms with Crippen molar-refractivity contribution in [2.75, 3.05) is 34.4 Å². The van der Waals surface area contributed by atoms with E-state index in [1.807, 2.05) is 0 Å². The molecule has 16 heavy (non-hydrogen) atoms. The first kappa shape index (κ1) is 13.9. The van der Waals surface area contributed by atoms with Crippen molar-refractivity contribution in [2.24, 2.45) is 5.41 Å². The summed E-state index contributed by atoms with van der Waals surface area (Å²) in [6.45, 7) is 6.61. The molecule has 2 atom stereocenters. The van der Waals surface area contributed by atoms with Crippen LogP contribution in [0.25, 0.3) is 0 Å². The molecule has 0 heterocycles. The molecule has 96 valence electrons. The van der Waals surface area contributed by atoms with Gasteiger partial charge in [0.2, 0.25) is 0 Å². The van der Waals surface area contributed by atoms with Crippen molar-refractivity contribution in [3.63, 3.8) is 0 Å². The fourth-order valence-electron chi connectivity index (χ4n) is 3.07. The van der Waals surface area contributed by atoms with Crippen LogP contribution in [0.2, 0.25) is 0 Å². The van der Waals surface area contributed by atoms with Gasteiger partial charge in [-0.2, -0.15) is 0 Å². The van der Waals surface area contributed by atoms with Crippen LogP contribution in [0, 0.1) is 5.41 Å². The molecule has 0 aromatic rings. The van der Waals surface area contributed by atoms with Crippen LogP contribution in [-0.4, -0.2) is 51.3 Å². The van der Waals surface area contributed by atoms with E-state index in [-0.39, 0.29) is 0 Å². The third-order valence-electron chi connectivity index (χ3n) is 4.07. The van der Waals surface area contributed by atoms with Crippen LogP contribution in [0.5, 0.6) is 0 Å². The molecule has 3 nitrogen and oxygen atoms in total. The maximum atomic E-state index is 5.16. The Kier molecular flexibility index (Phi) is 5.22. The third kappa shape index (κ3) is 3.19. The second-order valence-corrected chi connectivity index (χ2v) is 5.69. The van der Waals surface area contributed by atoms with Crippen molar-refractivity contribution in [1.82, 2.24) is 10.2 Å².